The van der Waals surface area contributed by atoms with Gasteiger partial charge in [0.15, 0.2) is 0 Å². The molecule has 0 saturated heterocycles. The highest BCUT2D eigenvalue weighted by Gasteiger charge is 2.19. The smallest absolute Gasteiger partial charge is 0.255 e. The Morgan fingerprint density at radius 1 is 1.11 bits per heavy atom. The van der Waals surface area contributed by atoms with Gasteiger partial charge in [-0.1, -0.05) is 12.1 Å². The Labute approximate surface area is 159 Å². The molecule has 0 aromatic heterocycles. The van der Waals surface area contributed by atoms with Gasteiger partial charge >= 0.3 is 0 Å². The molecule has 146 valence electrons. The monoisotopic (exact) mass is 392 g/mol. The van der Waals surface area contributed by atoms with Crippen LogP contribution >= 0.6 is 0 Å². The third-order valence-electron chi connectivity index (χ3n) is 3.74. The fourth-order valence-electron chi connectivity index (χ4n) is 2.46. The van der Waals surface area contributed by atoms with Gasteiger partial charge in [0.2, 0.25) is 10.0 Å². The van der Waals surface area contributed by atoms with Gasteiger partial charge in [-0.05, 0) is 49.7 Å². The minimum absolute atomic E-state index is 0.00878. The number of sulfonamides is 1. The zero-order valence-electron chi connectivity index (χ0n) is 15.6. The minimum atomic E-state index is -3.81. The maximum Gasteiger partial charge on any atom is 0.255 e. The van der Waals surface area contributed by atoms with Crippen LogP contribution in [0.4, 0.5) is 0 Å². The van der Waals surface area contributed by atoms with E-state index in [1.165, 1.54) is 25.3 Å². The first-order valence-corrected chi connectivity index (χ1v) is 10.1. The first kappa shape index (κ1) is 20.7. The number of benzene rings is 2. The van der Waals surface area contributed by atoms with Crippen molar-refractivity contribution < 1.29 is 22.7 Å². The molecule has 2 rings (SSSR count). The Hall–Kier alpha value is -2.58. The van der Waals surface area contributed by atoms with E-state index in [1.807, 2.05) is 13.0 Å². The molecule has 7 nitrogen and oxygen atoms in total. The van der Waals surface area contributed by atoms with Crippen LogP contribution in [0, 0.1) is 0 Å². The van der Waals surface area contributed by atoms with E-state index in [1.54, 1.807) is 25.1 Å². The van der Waals surface area contributed by atoms with E-state index in [0.717, 1.165) is 5.56 Å². The number of hydrogen-bond acceptors (Lipinski definition) is 5. The highest BCUT2D eigenvalue weighted by Crippen LogP contribution is 2.23. The highest BCUT2D eigenvalue weighted by molar-refractivity contribution is 7.89. The number of nitrogens with one attached hydrogen (secondary N) is 2. The van der Waals surface area contributed by atoms with Crippen LogP contribution in [0.15, 0.2) is 47.4 Å². The fraction of sp³-hybridized carbons (Fsp3) is 0.316. The molecule has 0 aliphatic rings. The lowest BCUT2D eigenvalue weighted by molar-refractivity contribution is 0.0952. The summed E-state index contributed by atoms with van der Waals surface area (Å²) in [6.07, 6.45) is 0. The standard InChI is InChI=1S/C19H24N2O5S/c1-4-20-19(22)17-12-16(9-10-18(17)25-3)27(23,24)21-13-14-7-6-8-15(11-14)26-5-2/h6-12,21H,4-5,13H2,1-3H3,(H,20,22). The second kappa shape index (κ2) is 9.38. The predicted octanol–water partition coefficient (Wildman–Crippen LogP) is 2.32. The zero-order chi connectivity index (χ0) is 19.9. The van der Waals surface area contributed by atoms with Crippen molar-refractivity contribution in [2.45, 2.75) is 25.3 Å². The summed E-state index contributed by atoms with van der Waals surface area (Å²) in [5, 5.41) is 2.64. The molecule has 2 aromatic carbocycles. The van der Waals surface area contributed by atoms with Crippen molar-refractivity contribution in [1.82, 2.24) is 10.0 Å². The van der Waals surface area contributed by atoms with E-state index < -0.39 is 15.9 Å². The molecule has 27 heavy (non-hydrogen) atoms. The van der Waals surface area contributed by atoms with Gasteiger partial charge < -0.3 is 14.8 Å². The van der Waals surface area contributed by atoms with Gasteiger partial charge in [-0.3, -0.25) is 4.79 Å². The molecule has 1 amide bonds. The summed E-state index contributed by atoms with van der Waals surface area (Å²) in [6.45, 7) is 4.72. The highest BCUT2D eigenvalue weighted by atomic mass is 32.2. The molecule has 0 radical (unpaired) electrons. The molecule has 0 heterocycles. The first-order chi connectivity index (χ1) is 12.9. The summed E-state index contributed by atoms with van der Waals surface area (Å²) in [7, 11) is -2.38. The van der Waals surface area contributed by atoms with Crippen LogP contribution in [-0.4, -0.2) is 34.6 Å². The summed E-state index contributed by atoms with van der Waals surface area (Å²) in [6, 6.07) is 11.4. The van der Waals surface area contributed by atoms with Crippen LogP contribution in [0.5, 0.6) is 11.5 Å². The molecule has 0 spiro atoms. The van der Waals surface area contributed by atoms with Gasteiger partial charge in [0.05, 0.1) is 24.2 Å². The maximum atomic E-state index is 12.6. The lowest BCUT2D eigenvalue weighted by Gasteiger charge is -2.12. The van der Waals surface area contributed by atoms with Crippen LogP contribution in [0.3, 0.4) is 0 Å². The van der Waals surface area contributed by atoms with E-state index in [2.05, 4.69) is 10.0 Å². The summed E-state index contributed by atoms with van der Waals surface area (Å²) in [4.78, 5) is 12.2. The molecule has 0 atom stereocenters. The molecule has 0 bridgehead atoms. The van der Waals surface area contributed by atoms with Gasteiger partial charge in [0, 0.05) is 13.1 Å². The minimum Gasteiger partial charge on any atom is -0.496 e. The van der Waals surface area contributed by atoms with Gasteiger partial charge in [0.25, 0.3) is 5.91 Å². The van der Waals surface area contributed by atoms with Crippen molar-refractivity contribution >= 4 is 15.9 Å². The number of methoxy groups -OCH3 is 1. The predicted molar refractivity (Wildman–Crippen MR) is 103 cm³/mol. The largest absolute Gasteiger partial charge is 0.496 e. The van der Waals surface area contributed by atoms with Crippen molar-refractivity contribution in [2.24, 2.45) is 0 Å². The van der Waals surface area contributed by atoms with Crippen LogP contribution < -0.4 is 19.5 Å². The van der Waals surface area contributed by atoms with E-state index in [9.17, 15) is 13.2 Å². The Morgan fingerprint density at radius 3 is 2.56 bits per heavy atom. The van der Waals surface area contributed by atoms with Gasteiger partial charge in [-0.15, -0.1) is 0 Å². The molecular formula is C19H24N2O5S. The van der Waals surface area contributed by atoms with Gasteiger partial charge in [0.1, 0.15) is 11.5 Å². The van der Waals surface area contributed by atoms with Crippen LogP contribution in [0.25, 0.3) is 0 Å². The third-order valence-corrected chi connectivity index (χ3v) is 5.14. The van der Waals surface area contributed by atoms with Crippen molar-refractivity contribution in [2.75, 3.05) is 20.3 Å². The fourth-order valence-corrected chi connectivity index (χ4v) is 3.50. The third kappa shape index (κ3) is 5.45. The second-order valence-electron chi connectivity index (χ2n) is 5.63. The SMILES string of the molecule is CCNC(=O)c1cc(S(=O)(=O)NCc2cccc(OCC)c2)ccc1OC. The van der Waals surface area contributed by atoms with Crippen molar-refractivity contribution in [1.29, 1.82) is 0 Å². The van der Waals surface area contributed by atoms with E-state index >= 15 is 0 Å². The van der Waals surface area contributed by atoms with E-state index in [-0.39, 0.29) is 17.0 Å². The molecule has 0 fully saturated rings. The summed E-state index contributed by atoms with van der Waals surface area (Å²) in [5.41, 5.74) is 0.933. The Kier molecular flexibility index (Phi) is 7.20. The quantitative estimate of drug-likeness (QED) is 0.683. The summed E-state index contributed by atoms with van der Waals surface area (Å²) >= 11 is 0. The Bertz CT molecular complexity index is 897. The maximum absolute atomic E-state index is 12.6. The number of amides is 1. The average molecular weight is 392 g/mol. The molecule has 0 unspecified atom stereocenters. The number of hydrogen-bond donors (Lipinski definition) is 2. The van der Waals surface area contributed by atoms with Crippen molar-refractivity contribution in [3.63, 3.8) is 0 Å². The van der Waals surface area contributed by atoms with Crippen LogP contribution in [0.2, 0.25) is 0 Å². The summed E-state index contributed by atoms with van der Waals surface area (Å²) in [5.74, 6) is 0.595. The van der Waals surface area contributed by atoms with Gasteiger partial charge in [-0.25, -0.2) is 13.1 Å². The topological polar surface area (TPSA) is 93.7 Å². The average Bonchev–Trinajstić information content (AvgIpc) is 2.66. The number of ether oxygens (including phenoxy) is 2. The lowest BCUT2D eigenvalue weighted by Crippen LogP contribution is -2.26. The van der Waals surface area contributed by atoms with E-state index in [0.29, 0.717) is 24.7 Å². The van der Waals surface area contributed by atoms with E-state index in [4.69, 9.17) is 9.47 Å². The van der Waals surface area contributed by atoms with Crippen molar-refractivity contribution in [3.05, 3.63) is 53.6 Å². The normalized spacial score (nSPS) is 11.1. The number of carbonyl (C=O) groups excluding carboxylic acids is 1. The molecule has 8 heteroatoms. The first-order valence-electron chi connectivity index (χ1n) is 8.59. The van der Waals surface area contributed by atoms with Crippen molar-refractivity contribution in [3.8, 4) is 11.5 Å². The molecular weight excluding hydrogens is 368 g/mol. The zero-order valence-corrected chi connectivity index (χ0v) is 16.4. The Morgan fingerprint density at radius 2 is 1.89 bits per heavy atom. The number of carbonyl (C=O) groups is 1. The molecule has 0 aliphatic heterocycles. The van der Waals surface area contributed by atoms with Gasteiger partial charge in [-0.2, -0.15) is 0 Å². The van der Waals surface area contributed by atoms with Crippen LogP contribution in [-0.2, 0) is 16.6 Å². The molecule has 0 saturated carbocycles. The lowest BCUT2D eigenvalue weighted by atomic mass is 10.2. The molecule has 2 N–H and O–H groups in total. The summed E-state index contributed by atoms with van der Waals surface area (Å²) < 4.78 is 38.4. The molecule has 2 aromatic rings. The second-order valence-corrected chi connectivity index (χ2v) is 7.39. The molecule has 0 aliphatic carbocycles. The number of rotatable bonds is 9. The van der Waals surface area contributed by atoms with Crippen LogP contribution in [0.1, 0.15) is 29.8 Å². The Balaban J connectivity index is 2.22.